The van der Waals surface area contributed by atoms with Crippen molar-refractivity contribution in [2.45, 2.75) is 17.6 Å². The molecule has 75 valence electrons. The SMILES string of the molecule is Cc1ccccc1CSc1cc[c]cc1. The molecule has 0 bridgehead atoms. The largest absolute Gasteiger partial charge is 0.121 e. The number of hydrogen-bond acceptors (Lipinski definition) is 1. The molecule has 0 aliphatic carbocycles. The third kappa shape index (κ3) is 2.87. The first-order valence-electron chi connectivity index (χ1n) is 5.00. The maximum absolute atomic E-state index is 3.03. The Labute approximate surface area is 95.3 Å². The molecule has 0 amide bonds. The smallest absolute Gasteiger partial charge is 0.0234 e. The highest BCUT2D eigenvalue weighted by Crippen LogP contribution is 2.23. The van der Waals surface area contributed by atoms with Crippen LogP contribution < -0.4 is 0 Å². The number of thioether (sulfide) groups is 1. The van der Waals surface area contributed by atoms with E-state index in [9.17, 15) is 0 Å². The molecule has 0 N–H and O–H groups in total. The Morgan fingerprint density at radius 3 is 2.53 bits per heavy atom. The van der Waals surface area contributed by atoms with Crippen molar-refractivity contribution in [2.75, 3.05) is 0 Å². The van der Waals surface area contributed by atoms with Crippen molar-refractivity contribution >= 4 is 11.8 Å². The summed E-state index contributed by atoms with van der Waals surface area (Å²) in [4.78, 5) is 1.30. The second-order valence-corrected chi connectivity index (χ2v) is 4.50. The van der Waals surface area contributed by atoms with Crippen molar-refractivity contribution in [3.63, 3.8) is 0 Å². The predicted octanol–water partition coefficient (Wildman–Crippen LogP) is 4.09. The van der Waals surface area contributed by atoms with Gasteiger partial charge < -0.3 is 0 Å². The minimum absolute atomic E-state index is 1.04. The van der Waals surface area contributed by atoms with Gasteiger partial charge in [-0.2, -0.15) is 0 Å². The van der Waals surface area contributed by atoms with Gasteiger partial charge in [-0.05, 0) is 36.2 Å². The molecule has 0 fully saturated rings. The van der Waals surface area contributed by atoms with Gasteiger partial charge in [0.1, 0.15) is 0 Å². The monoisotopic (exact) mass is 213 g/mol. The van der Waals surface area contributed by atoms with Crippen molar-refractivity contribution in [3.05, 3.63) is 65.7 Å². The summed E-state index contributed by atoms with van der Waals surface area (Å²) in [5, 5.41) is 0. The average Bonchev–Trinajstić information content (AvgIpc) is 2.29. The summed E-state index contributed by atoms with van der Waals surface area (Å²) < 4.78 is 0. The van der Waals surface area contributed by atoms with Crippen LogP contribution in [0.1, 0.15) is 11.1 Å². The maximum atomic E-state index is 3.03. The molecule has 0 atom stereocenters. The molecule has 0 saturated heterocycles. The molecule has 1 heteroatoms. The van der Waals surface area contributed by atoms with Gasteiger partial charge in [0.25, 0.3) is 0 Å². The summed E-state index contributed by atoms with van der Waals surface area (Å²) >= 11 is 1.87. The van der Waals surface area contributed by atoms with E-state index in [1.807, 2.05) is 23.9 Å². The van der Waals surface area contributed by atoms with Crippen molar-refractivity contribution in [1.82, 2.24) is 0 Å². The van der Waals surface area contributed by atoms with Gasteiger partial charge in [-0.15, -0.1) is 11.8 Å². The van der Waals surface area contributed by atoms with Gasteiger partial charge in [0.2, 0.25) is 0 Å². The second kappa shape index (κ2) is 5.04. The number of hydrogen-bond donors (Lipinski definition) is 0. The molecule has 0 aromatic heterocycles. The van der Waals surface area contributed by atoms with Gasteiger partial charge in [0.05, 0.1) is 0 Å². The van der Waals surface area contributed by atoms with Crippen LogP contribution in [-0.4, -0.2) is 0 Å². The third-order valence-electron chi connectivity index (χ3n) is 2.34. The zero-order chi connectivity index (χ0) is 10.5. The highest BCUT2D eigenvalue weighted by atomic mass is 32.2. The first-order valence-corrected chi connectivity index (χ1v) is 5.98. The lowest BCUT2D eigenvalue weighted by molar-refractivity contribution is 1.30. The fourth-order valence-electron chi connectivity index (χ4n) is 1.40. The molecule has 0 aliphatic rings. The molecule has 2 rings (SSSR count). The molecule has 0 heterocycles. The van der Waals surface area contributed by atoms with E-state index in [0.717, 1.165) is 5.75 Å². The molecule has 2 aromatic carbocycles. The Hall–Kier alpha value is -1.21. The van der Waals surface area contributed by atoms with Gasteiger partial charge in [-0.1, -0.05) is 36.4 Å². The van der Waals surface area contributed by atoms with Crippen LogP contribution in [0.15, 0.2) is 53.4 Å². The van der Waals surface area contributed by atoms with E-state index in [2.05, 4.69) is 49.4 Å². The third-order valence-corrected chi connectivity index (χ3v) is 3.40. The van der Waals surface area contributed by atoms with E-state index in [1.165, 1.54) is 16.0 Å². The van der Waals surface area contributed by atoms with Crippen LogP contribution in [0.25, 0.3) is 0 Å². The van der Waals surface area contributed by atoms with Crippen molar-refractivity contribution < 1.29 is 0 Å². The molecule has 0 saturated carbocycles. The van der Waals surface area contributed by atoms with E-state index in [-0.39, 0.29) is 0 Å². The summed E-state index contributed by atoms with van der Waals surface area (Å²) in [5.41, 5.74) is 2.78. The van der Waals surface area contributed by atoms with E-state index < -0.39 is 0 Å². The predicted molar refractivity (Wildman–Crippen MR) is 66.0 cm³/mol. The van der Waals surface area contributed by atoms with E-state index >= 15 is 0 Å². The van der Waals surface area contributed by atoms with Crippen LogP contribution in [0.2, 0.25) is 0 Å². The molecule has 15 heavy (non-hydrogen) atoms. The second-order valence-electron chi connectivity index (χ2n) is 3.45. The van der Waals surface area contributed by atoms with Crippen LogP contribution in [0.4, 0.5) is 0 Å². The van der Waals surface area contributed by atoms with Crippen LogP contribution in [0, 0.1) is 13.0 Å². The fourth-order valence-corrected chi connectivity index (χ4v) is 2.38. The maximum Gasteiger partial charge on any atom is 0.0234 e. The molecule has 0 spiro atoms. The van der Waals surface area contributed by atoms with Crippen LogP contribution in [-0.2, 0) is 5.75 Å². The molecule has 0 aliphatic heterocycles. The Bertz CT molecular complexity index is 420. The summed E-state index contributed by atoms with van der Waals surface area (Å²) in [6.45, 7) is 2.16. The summed E-state index contributed by atoms with van der Waals surface area (Å²) in [6.07, 6.45) is 0. The van der Waals surface area contributed by atoms with E-state index in [0.29, 0.717) is 0 Å². The molecular weight excluding hydrogens is 200 g/mol. The Morgan fingerprint density at radius 1 is 1.07 bits per heavy atom. The Kier molecular flexibility index (Phi) is 3.46. The normalized spacial score (nSPS) is 10.2. The highest BCUT2D eigenvalue weighted by Gasteiger charge is 1.98. The number of aryl methyl sites for hydroxylation is 1. The summed E-state index contributed by atoms with van der Waals surface area (Å²) in [5.74, 6) is 1.04. The lowest BCUT2D eigenvalue weighted by atomic mass is 10.1. The first kappa shape index (κ1) is 10.3. The number of rotatable bonds is 3. The zero-order valence-electron chi connectivity index (χ0n) is 8.73. The minimum Gasteiger partial charge on any atom is -0.121 e. The van der Waals surface area contributed by atoms with Gasteiger partial charge in [-0.25, -0.2) is 0 Å². The Balaban J connectivity index is 2.03. The van der Waals surface area contributed by atoms with Gasteiger partial charge in [0, 0.05) is 10.6 Å². The summed E-state index contributed by atoms with van der Waals surface area (Å²) in [7, 11) is 0. The van der Waals surface area contributed by atoms with Crippen molar-refractivity contribution in [2.24, 2.45) is 0 Å². The molecular formula is C14H13S. The molecule has 0 nitrogen and oxygen atoms in total. The molecule has 0 unspecified atom stereocenters. The fraction of sp³-hybridized carbons (Fsp3) is 0.143. The van der Waals surface area contributed by atoms with Crippen molar-refractivity contribution in [3.8, 4) is 0 Å². The standard InChI is InChI=1S/C14H13S/c1-12-7-5-6-8-13(12)11-15-14-9-3-2-4-10-14/h3-10H,11H2,1H3. The summed E-state index contributed by atoms with van der Waals surface area (Å²) in [6, 6.07) is 19.7. The minimum atomic E-state index is 1.04. The van der Waals surface area contributed by atoms with Crippen LogP contribution >= 0.6 is 11.8 Å². The lowest BCUT2D eigenvalue weighted by Crippen LogP contribution is -1.84. The zero-order valence-corrected chi connectivity index (χ0v) is 9.55. The lowest BCUT2D eigenvalue weighted by Gasteiger charge is -2.04. The van der Waals surface area contributed by atoms with E-state index in [4.69, 9.17) is 0 Å². The van der Waals surface area contributed by atoms with E-state index in [1.54, 1.807) is 0 Å². The van der Waals surface area contributed by atoms with Crippen molar-refractivity contribution in [1.29, 1.82) is 0 Å². The van der Waals surface area contributed by atoms with Gasteiger partial charge in [-0.3, -0.25) is 0 Å². The van der Waals surface area contributed by atoms with Gasteiger partial charge in [0.15, 0.2) is 0 Å². The number of benzene rings is 2. The van der Waals surface area contributed by atoms with Gasteiger partial charge >= 0.3 is 0 Å². The molecule has 1 radical (unpaired) electrons. The van der Waals surface area contributed by atoms with Crippen LogP contribution in [0.5, 0.6) is 0 Å². The topological polar surface area (TPSA) is 0 Å². The first-order chi connectivity index (χ1) is 7.36. The highest BCUT2D eigenvalue weighted by molar-refractivity contribution is 7.98. The molecule has 2 aromatic rings. The quantitative estimate of drug-likeness (QED) is 0.692. The van der Waals surface area contributed by atoms with Crippen LogP contribution in [0.3, 0.4) is 0 Å². The Morgan fingerprint density at radius 2 is 1.80 bits per heavy atom. The average molecular weight is 213 g/mol.